The van der Waals surface area contributed by atoms with Crippen molar-refractivity contribution >= 4 is 24.8 Å². The standard InChI is InChI=1S/C26H54.C3H9N.2ClH.H3N/c1-3-5-7-9-11-13-15-17-19-21-23-25-26-24-22-20-18-16-14-12-10-8-6-4-2;1-4(2)3;;;/h3-26H2,1-2H3;1-3H3;2*1H;1H3. The molecule has 2 nitrogen and oxygen atoms in total. The van der Waals surface area contributed by atoms with Gasteiger partial charge < -0.3 is 11.1 Å². The first-order chi connectivity index (χ1) is 14.6. The van der Waals surface area contributed by atoms with Crippen molar-refractivity contribution in [1.82, 2.24) is 11.1 Å². The molecule has 33 heavy (non-hydrogen) atoms. The Morgan fingerprint density at radius 2 is 0.394 bits per heavy atom. The fourth-order valence-corrected chi connectivity index (χ4v) is 4.04. The Kier molecular flexibility index (Phi) is 56.3. The second-order valence-corrected chi connectivity index (χ2v) is 10.1. The van der Waals surface area contributed by atoms with Crippen LogP contribution >= 0.6 is 24.8 Å². The zero-order chi connectivity index (χ0) is 22.5. The third-order valence-corrected chi connectivity index (χ3v) is 5.96. The molecule has 0 heterocycles. The van der Waals surface area contributed by atoms with Gasteiger partial charge >= 0.3 is 0 Å². The van der Waals surface area contributed by atoms with Gasteiger partial charge in [-0.25, -0.2) is 0 Å². The Labute approximate surface area is 224 Å². The van der Waals surface area contributed by atoms with Crippen LogP contribution < -0.4 is 6.15 Å². The molecule has 0 spiro atoms. The molecule has 0 fully saturated rings. The molecule has 0 aliphatic carbocycles. The zero-order valence-electron chi connectivity index (χ0n) is 23.9. The van der Waals surface area contributed by atoms with Crippen molar-refractivity contribution < 1.29 is 0 Å². The van der Waals surface area contributed by atoms with Crippen molar-refractivity contribution in [3.8, 4) is 0 Å². The van der Waals surface area contributed by atoms with E-state index in [0.29, 0.717) is 0 Å². The van der Waals surface area contributed by atoms with Crippen LogP contribution in [0.25, 0.3) is 0 Å². The van der Waals surface area contributed by atoms with Crippen molar-refractivity contribution in [2.24, 2.45) is 0 Å². The van der Waals surface area contributed by atoms with Gasteiger partial charge in [0.15, 0.2) is 0 Å². The van der Waals surface area contributed by atoms with E-state index in [4.69, 9.17) is 0 Å². The second-order valence-electron chi connectivity index (χ2n) is 10.1. The van der Waals surface area contributed by atoms with E-state index in [-0.39, 0.29) is 31.0 Å². The summed E-state index contributed by atoms with van der Waals surface area (Å²) in [6.45, 7) is 4.61. The second kappa shape index (κ2) is 42.6. The molecule has 0 amide bonds. The quantitative estimate of drug-likeness (QED) is 0.137. The molecule has 208 valence electrons. The van der Waals surface area contributed by atoms with Crippen molar-refractivity contribution in [1.29, 1.82) is 0 Å². The summed E-state index contributed by atoms with van der Waals surface area (Å²) in [5.41, 5.74) is 0. The summed E-state index contributed by atoms with van der Waals surface area (Å²) in [5, 5.41) is 0. The highest BCUT2D eigenvalue weighted by Gasteiger charge is 1.95. The molecule has 0 aromatic carbocycles. The summed E-state index contributed by atoms with van der Waals surface area (Å²) in [6, 6.07) is 0. The molecule has 0 saturated heterocycles. The summed E-state index contributed by atoms with van der Waals surface area (Å²) >= 11 is 0. The van der Waals surface area contributed by atoms with Gasteiger partial charge in [0, 0.05) is 0 Å². The smallest absolute Gasteiger partial charge is 0.0140 e. The molecule has 0 bridgehead atoms. The molecule has 0 saturated carbocycles. The van der Waals surface area contributed by atoms with Crippen molar-refractivity contribution in [3.63, 3.8) is 0 Å². The van der Waals surface area contributed by atoms with Gasteiger partial charge in [0.2, 0.25) is 0 Å². The Morgan fingerprint density at radius 3 is 0.485 bits per heavy atom. The zero-order valence-corrected chi connectivity index (χ0v) is 25.6. The Hall–Kier alpha value is 0.500. The number of unbranched alkanes of at least 4 members (excludes halogenated alkanes) is 23. The Bertz CT molecular complexity index is 250. The number of nitrogens with zero attached hydrogens (tertiary/aromatic N) is 1. The van der Waals surface area contributed by atoms with Crippen LogP contribution in [0.2, 0.25) is 0 Å². The monoisotopic (exact) mass is 514 g/mol. The molecule has 0 unspecified atom stereocenters. The van der Waals surface area contributed by atoms with Crippen LogP contribution in [0, 0.1) is 0 Å². The predicted octanol–water partition coefficient (Wildman–Crippen LogP) is 11.6. The van der Waals surface area contributed by atoms with Crippen LogP contribution in [0.1, 0.15) is 168 Å². The largest absolute Gasteiger partial charge is 0.344 e. The first-order valence-corrected chi connectivity index (χ1v) is 14.3. The fourth-order valence-electron chi connectivity index (χ4n) is 4.04. The number of rotatable bonds is 23. The summed E-state index contributed by atoms with van der Waals surface area (Å²) in [5.74, 6) is 0. The van der Waals surface area contributed by atoms with Gasteiger partial charge in [0.05, 0.1) is 0 Å². The summed E-state index contributed by atoms with van der Waals surface area (Å²) in [7, 11) is 6.00. The van der Waals surface area contributed by atoms with E-state index in [9.17, 15) is 0 Å². The maximum atomic E-state index is 2.30. The van der Waals surface area contributed by atoms with Crippen LogP contribution in [-0.4, -0.2) is 26.0 Å². The average molecular weight is 516 g/mol. The molecular formula is C29H68Cl2N2. The third-order valence-electron chi connectivity index (χ3n) is 5.96. The number of hydrogen-bond acceptors (Lipinski definition) is 2. The fraction of sp³-hybridized carbons (Fsp3) is 1.00. The SMILES string of the molecule is CCCCCCCCCCCCCCCCCCCCCCCCCC.CN(C)C.Cl.Cl.N. The number of halogens is 2. The van der Waals surface area contributed by atoms with Crippen LogP contribution in [0.15, 0.2) is 0 Å². The van der Waals surface area contributed by atoms with Gasteiger partial charge in [0.1, 0.15) is 0 Å². The van der Waals surface area contributed by atoms with Gasteiger partial charge in [-0.05, 0) is 21.1 Å². The molecule has 0 aromatic rings. The Balaban J connectivity index is -0.000000343. The minimum Gasteiger partial charge on any atom is -0.344 e. The average Bonchev–Trinajstić information content (AvgIpc) is 2.71. The highest BCUT2D eigenvalue weighted by Crippen LogP contribution is 2.15. The first kappa shape index (κ1) is 43.6. The van der Waals surface area contributed by atoms with E-state index in [1.807, 2.05) is 26.0 Å². The van der Waals surface area contributed by atoms with Gasteiger partial charge in [-0.15, -0.1) is 24.8 Å². The van der Waals surface area contributed by atoms with Crippen LogP contribution in [0.3, 0.4) is 0 Å². The predicted molar refractivity (Wildman–Crippen MR) is 161 cm³/mol. The lowest BCUT2D eigenvalue weighted by atomic mass is 10.0. The van der Waals surface area contributed by atoms with E-state index >= 15 is 0 Å². The molecule has 4 heteroatoms. The summed E-state index contributed by atoms with van der Waals surface area (Å²) in [6.07, 6.45) is 35.4. The van der Waals surface area contributed by atoms with Crippen LogP contribution in [0.5, 0.6) is 0 Å². The lowest BCUT2D eigenvalue weighted by molar-refractivity contribution is 0.505. The number of hydrogen-bond donors (Lipinski definition) is 1. The highest BCUT2D eigenvalue weighted by molar-refractivity contribution is 5.85. The van der Waals surface area contributed by atoms with E-state index in [1.54, 1.807) is 0 Å². The lowest BCUT2D eigenvalue weighted by Crippen LogP contribution is -1.99. The maximum absolute atomic E-state index is 2.30. The molecule has 0 atom stereocenters. The molecule has 0 aliphatic rings. The molecule has 0 rings (SSSR count). The van der Waals surface area contributed by atoms with E-state index in [2.05, 4.69) is 13.8 Å². The van der Waals surface area contributed by atoms with Gasteiger partial charge in [-0.1, -0.05) is 168 Å². The normalized spacial score (nSPS) is 10.0. The minimum atomic E-state index is 0. The summed E-state index contributed by atoms with van der Waals surface area (Å²) in [4.78, 5) is 2.00. The first-order valence-electron chi connectivity index (χ1n) is 14.3. The Morgan fingerprint density at radius 1 is 0.303 bits per heavy atom. The van der Waals surface area contributed by atoms with Crippen LogP contribution in [-0.2, 0) is 0 Å². The van der Waals surface area contributed by atoms with Gasteiger partial charge in [-0.3, -0.25) is 0 Å². The van der Waals surface area contributed by atoms with Crippen molar-refractivity contribution in [3.05, 3.63) is 0 Å². The molecule has 0 aromatic heterocycles. The molecule has 0 aliphatic heterocycles. The van der Waals surface area contributed by atoms with Crippen molar-refractivity contribution in [2.75, 3.05) is 21.1 Å². The highest BCUT2D eigenvalue weighted by atomic mass is 35.5. The molecule has 0 radical (unpaired) electrons. The van der Waals surface area contributed by atoms with E-state index in [0.717, 1.165) is 0 Å². The van der Waals surface area contributed by atoms with Gasteiger partial charge in [-0.2, -0.15) is 0 Å². The topological polar surface area (TPSA) is 38.2 Å². The van der Waals surface area contributed by atoms with E-state index < -0.39 is 0 Å². The molecular weight excluding hydrogens is 447 g/mol. The van der Waals surface area contributed by atoms with E-state index in [1.165, 1.54) is 154 Å². The van der Waals surface area contributed by atoms with Crippen LogP contribution in [0.4, 0.5) is 0 Å². The minimum absolute atomic E-state index is 0. The maximum Gasteiger partial charge on any atom is -0.0140 e. The third kappa shape index (κ3) is 54.7. The van der Waals surface area contributed by atoms with Gasteiger partial charge in [0.25, 0.3) is 0 Å². The summed E-state index contributed by atoms with van der Waals surface area (Å²) < 4.78 is 0. The van der Waals surface area contributed by atoms with Crippen molar-refractivity contribution in [2.45, 2.75) is 168 Å². The lowest BCUT2D eigenvalue weighted by Gasteiger charge is -2.04. The molecule has 3 N–H and O–H groups in total.